The fourth-order valence-electron chi connectivity index (χ4n) is 3.27. The van der Waals surface area contributed by atoms with E-state index >= 15 is 0 Å². The number of likely N-dealkylation sites (tertiary alicyclic amines) is 1. The van der Waals surface area contributed by atoms with Gasteiger partial charge in [0, 0.05) is 19.1 Å². The van der Waals surface area contributed by atoms with Crippen molar-refractivity contribution in [3.63, 3.8) is 0 Å². The van der Waals surface area contributed by atoms with Crippen molar-refractivity contribution in [2.24, 2.45) is 5.92 Å². The molecule has 1 saturated carbocycles. The monoisotopic (exact) mass is 238 g/mol. The molecule has 2 unspecified atom stereocenters. The van der Waals surface area contributed by atoms with E-state index in [4.69, 9.17) is 0 Å². The van der Waals surface area contributed by atoms with Gasteiger partial charge < -0.3 is 10.2 Å². The maximum absolute atomic E-state index is 12.0. The second-order valence-electron chi connectivity index (χ2n) is 5.53. The number of carbonyl (C=O) groups is 1. The Balaban J connectivity index is 1.71. The zero-order valence-electron chi connectivity index (χ0n) is 11.1. The Labute approximate surface area is 105 Å². The average molecular weight is 238 g/mol. The SMILES string of the molecule is CCC1CCCC1NCC(=O)N1CCCCC1. The topological polar surface area (TPSA) is 32.3 Å². The van der Waals surface area contributed by atoms with Gasteiger partial charge in [-0.3, -0.25) is 4.79 Å². The molecule has 1 amide bonds. The lowest BCUT2D eigenvalue weighted by Crippen LogP contribution is -2.44. The molecule has 0 spiro atoms. The van der Waals surface area contributed by atoms with Crippen molar-refractivity contribution in [3.05, 3.63) is 0 Å². The fraction of sp³-hybridized carbons (Fsp3) is 0.929. The van der Waals surface area contributed by atoms with Gasteiger partial charge in [-0.05, 0) is 38.0 Å². The van der Waals surface area contributed by atoms with E-state index in [2.05, 4.69) is 12.2 Å². The predicted octanol–water partition coefficient (Wildman–Crippen LogP) is 2.17. The van der Waals surface area contributed by atoms with Gasteiger partial charge in [-0.1, -0.05) is 19.8 Å². The van der Waals surface area contributed by atoms with Gasteiger partial charge in [-0.25, -0.2) is 0 Å². The van der Waals surface area contributed by atoms with Gasteiger partial charge in [0.1, 0.15) is 0 Å². The lowest BCUT2D eigenvalue weighted by atomic mass is 10.0. The second kappa shape index (κ2) is 6.39. The summed E-state index contributed by atoms with van der Waals surface area (Å²) < 4.78 is 0. The number of carbonyl (C=O) groups excluding carboxylic acids is 1. The summed E-state index contributed by atoms with van der Waals surface area (Å²) >= 11 is 0. The first-order valence-corrected chi connectivity index (χ1v) is 7.32. The Morgan fingerprint density at radius 2 is 1.94 bits per heavy atom. The third-order valence-corrected chi connectivity index (χ3v) is 4.41. The van der Waals surface area contributed by atoms with Gasteiger partial charge in [0.15, 0.2) is 0 Å². The first kappa shape index (κ1) is 12.9. The number of amides is 1. The van der Waals surface area contributed by atoms with E-state index in [0.29, 0.717) is 18.5 Å². The number of rotatable bonds is 4. The highest BCUT2D eigenvalue weighted by Crippen LogP contribution is 2.27. The van der Waals surface area contributed by atoms with Gasteiger partial charge in [-0.2, -0.15) is 0 Å². The molecule has 0 aromatic rings. The van der Waals surface area contributed by atoms with E-state index in [1.54, 1.807) is 0 Å². The molecule has 1 aliphatic heterocycles. The molecule has 2 fully saturated rings. The Kier molecular flexibility index (Phi) is 4.84. The molecule has 0 aromatic heterocycles. The number of hydrogen-bond acceptors (Lipinski definition) is 2. The molecule has 1 heterocycles. The van der Waals surface area contributed by atoms with Crippen molar-refractivity contribution in [3.8, 4) is 0 Å². The van der Waals surface area contributed by atoms with Crippen molar-refractivity contribution in [2.75, 3.05) is 19.6 Å². The van der Waals surface area contributed by atoms with Crippen molar-refractivity contribution < 1.29 is 4.79 Å². The highest BCUT2D eigenvalue weighted by molar-refractivity contribution is 5.78. The lowest BCUT2D eigenvalue weighted by Gasteiger charge is -2.28. The van der Waals surface area contributed by atoms with E-state index in [-0.39, 0.29) is 0 Å². The van der Waals surface area contributed by atoms with Gasteiger partial charge >= 0.3 is 0 Å². The van der Waals surface area contributed by atoms with Crippen LogP contribution in [0.15, 0.2) is 0 Å². The van der Waals surface area contributed by atoms with Gasteiger partial charge in [0.2, 0.25) is 5.91 Å². The molecule has 2 atom stereocenters. The summed E-state index contributed by atoms with van der Waals surface area (Å²) in [5.74, 6) is 1.11. The van der Waals surface area contributed by atoms with E-state index in [1.807, 2.05) is 4.90 Å². The Hall–Kier alpha value is -0.570. The molecule has 0 bridgehead atoms. The van der Waals surface area contributed by atoms with Crippen LogP contribution in [0.4, 0.5) is 0 Å². The normalized spacial score (nSPS) is 29.6. The van der Waals surface area contributed by atoms with Crippen LogP contribution in [0.3, 0.4) is 0 Å². The number of piperidine rings is 1. The smallest absolute Gasteiger partial charge is 0.236 e. The number of nitrogens with zero attached hydrogens (tertiary/aromatic N) is 1. The predicted molar refractivity (Wildman–Crippen MR) is 69.9 cm³/mol. The van der Waals surface area contributed by atoms with Gasteiger partial charge in [-0.15, -0.1) is 0 Å². The standard InChI is InChI=1S/C14H26N2O/c1-2-12-7-6-8-13(12)15-11-14(17)16-9-4-3-5-10-16/h12-13,15H,2-11H2,1H3. The molecule has 0 aromatic carbocycles. The molecule has 1 saturated heterocycles. The van der Waals surface area contributed by atoms with E-state index in [1.165, 1.54) is 44.9 Å². The third kappa shape index (κ3) is 3.44. The average Bonchev–Trinajstić information content (AvgIpc) is 2.84. The molecule has 1 aliphatic carbocycles. The zero-order chi connectivity index (χ0) is 12.1. The summed E-state index contributed by atoms with van der Waals surface area (Å²) in [6.07, 6.45) is 8.83. The van der Waals surface area contributed by atoms with Crippen LogP contribution in [0.2, 0.25) is 0 Å². The van der Waals surface area contributed by atoms with Crippen LogP contribution in [-0.2, 0) is 4.79 Å². The summed E-state index contributed by atoms with van der Waals surface area (Å²) in [6.45, 7) is 4.77. The molecule has 2 aliphatic rings. The molecule has 0 radical (unpaired) electrons. The second-order valence-corrected chi connectivity index (χ2v) is 5.53. The van der Waals surface area contributed by atoms with Crippen LogP contribution in [0.5, 0.6) is 0 Å². The van der Waals surface area contributed by atoms with Crippen LogP contribution in [0, 0.1) is 5.92 Å². The zero-order valence-corrected chi connectivity index (χ0v) is 11.1. The number of nitrogens with one attached hydrogen (secondary N) is 1. The van der Waals surface area contributed by atoms with Crippen molar-refractivity contribution in [1.82, 2.24) is 10.2 Å². The van der Waals surface area contributed by atoms with Gasteiger partial charge in [0.25, 0.3) is 0 Å². The number of hydrogen-bond donors (Lipinski definition) is 1. The van der Waals surface area contributed by atoms with Crippen molar-refractivity contribution in [2.45, 2.75) is 57.9 Å². The first-order chi connectivity index (χ1) is 8.31. The van der Waals surface area contributed by atoms with Crippen LogP contribution < -0.4 is 5.32 Å². The Bertz CT molecular complexity index is 249. The highest BCUT2D eigenvalue weighted by Gasteiger charge is 2.26. The fourth-order valence-corrected chi connectivity index (χ4v) is 3.27. The summed E-state index contributed by atoms with van der Waals surface area (Å²) in [7, 11) is 0. The summed E-state index contributed by atoms with van der Waals surface area (Å²) in [5, 5.41) is 3.49. The molecule has 1 N–H and O–H groups in total. The summed E-state index contributed by atoms with van der Waals surface area (Å²) in [5.41, 5.74) is 0. The summed E-state index contributed by atoms with van der Waals surface area (Å²) in [4.78, 5) is 14.0. The quantitative estimate of drug-likeness (QED) is 0.814. The minimum Gasteiger partial charge on any atom is -0.342 e. The van der Waals surface area contributed by atoms with Crippen LogP contribution in [-0.4, -0.2) is 36.5 Å². The van der Waals surface area contributed by atoms with Crippen molar-refractivity contribution >= 4 is 5.91 Å². The van der Waals surface area contributed by atoms with Crippen LogP contribution in [0.1, 0.15) is 51.9 Å². The molecular weight excluding hydrogens is 212 g/mol. The van der Waals surface area contributed by atoms with Crippen LogP contribution in [0.25, 0.3) is 0 Å². The largest absolute Gasteiger partial charge is 0.342 e. The third-order valence-electron chi connectivity index (χ3n) is 4.41. The van der Waals surface area contributed by atoms with E-state index in [9.17, 15) is 4.79 Å². The van der Waals surface area contributed by atoms with Gasteiger partial charge in [0.05, 0.1) is 6.54 Å². The van der Waals surface area contributed by atoms with E-state index < -0.39 is 0 Å². The minimum absolute atomic E-state index is 0.312. The molecular formula is C14H26N2O. The summed E-state index contributed by atoms with van der Waals surface area (Å²) in [6, 6.07) is 0.591. The highest BCUT2D eigenvalue weighted by atomic mass is 16.2. The maximum atomic E-state index is 12.0. The molecule has 17 heavy (non-hydrogen) atoms. The van der Waals surface area contributed by atoms with Crippen molar-refractivity contribution in [1.29, 1.82) is 0 Å². The molecule has 2 rings (SSSR count). The first-order valence-electron chi connectivity index (χ1n) is 7.32. The molecule has 3 nitrogen and oxygen atoms in total. The lowest BCUT2D eigenvalue weighted by molar-refractivity contribution is -0.131. The molecule has 98 valence electrons. The van der Waals surface area contributed by atoms with Crippen LogP contribution >= 0.6 is 0 Å². The molecule has 3 heteroatoms. The minimum atomic E-state index is 0.312. The Morgan fingerprint density at radius 1 is 1.18 bits per heavy atom. The maximum Gasteiger partial charge on any atom is 0.236 e. The Morgan fingerprint density at radius 3 is 2.65 bits per heavy atom. The van der Waals surface area contributed by atoms with E-state index in [0.717, 1.165) is 19.0 Å².